The van der Waals surface area contributed by atoms with Crippen LogP contribution in [0.4, 0.5) is 4.79 Å². The van der Waals surface area contributed by atoms with E-state index in [1.165, 1.54) is 6.42 Å². The predicted octanol–water partition coefficient (Wildman–Crippen LogP) is 2.02. The van der Waals surface area contributed by atoms with Crippen LogP contribution in [0.25, 0.3) is 0 Å². The Kier molecular flexibility index (Phi) is 7.91. The smallest absolute Gasteiger partial charge is 0.434 e. The van der Waals surface area contributed by atoms with E-state index in [-0.39, 0.29) is 24.9 Å². The van der Waals surface area contributed by atoms with Gasteiger partial charge in [0.15, 0.2) is 0 Å². The first-order chi connectivity index (χ1) is 7.65. The van der Waals surface area contributed by atoms with Crippen molar-refractivity contribution in [2.75, 3.05) is 6.61 Å². The van der Waals surface area contributed by atoms with Crippen molar-refractivity contribution in [3.63, 3.8) is 0 Å². The first kappa shape index (κ1) is 16.2. The van der Waals surface area contributed by atoms with Crippen molar-refractivity contribution in [3.8, 4) is 0 Å². The third-order valence-electron chi connectivity index (χ3n) is 2.88. The number of halogens is 1. The Bertz CT molecular complexity index is 254. The Morgan fingerprint density at radius 1 is 1.29 bits per heavy atom. The van der Waals surface area contributed by atoms with E-state index in [1.54, 1.807) is 6.92 Å². The molecule has 6 heteroatoms. The van der Waals surface area contributed by atoms with E-state index in [0.717, 1.165) is 25.7 Å². The Labute approximate surface area is 107 Å². The quantitative estimate of drug-likeness (QED) is 0.624. The molecule has 0 amide bonds. The molecule has 1 rings (SSSR count). The van der Waals surface area contributed by atoms with Crippen molar-refractivity contribution >= 4 is 24.5 Å². The summed E-state index contributed by atoms with van der Waals surface area (Å²) in [7, 11) is 0. The number of carbonyl (C=O) groups excluding carboxylic acids is 2. The highest BCUT2D eigenvalue weighted by atomic mass is 35.5. The van der Waals surface area contributed by atoms with E-state index in [1.807, 2.05) is 0 Å². The minimum atomic E-state index is -0.959. The number of esters is 1. The number of hydrogen-bond donors (Lipinski definition) is 1. The van der Waals surface area contributed by atoms with Gasteiger partial charge in [0.05, 0.1) is 6.61 Å². The van der Waals surface area contributed by atoms with E-state index in [0.29, 0.717) is 0 Å². The van der Waals surface area contributed by atoms with Crippen LogP contribution in [0, 0.1) is 5.92 Å². The van der Waals surface area contributed by atoms with Crippen molar-refractivity contribution in [1.29, 1.82) is 0 Å². The molecule has 0 bridgehead atoms. The van der Waals surface area contributed by atoms with Gasteiger partial charge in [0, 0.05) is 0 Å². The van der Waals surface area contributed by atoms with E-state index in [9.17, 15) is 9.59 Å². The SMILES string of the molecule is CCOC(=O)OC(=O)C(N)C1CCCCC1.Cl. The molecule has 1 saturated carbocycles. The second-order valence-corrected chi connectivity index (χ2v) is 4.03. The Balaban J connectivity index is 0.00000256. The van der Waals surface area contributed by atoms with E-state index in [4.69, 9.17) is 5.73 Å². The maximum absolute atomic E-state index is 11.5. The molecular formula is C11H20ClNO4. The molecular weight excluding hydrogens is 246 g/mol. The zero-order valence-corrected chi connectivity index (χ0v) is 10.8. The first-order valence-corrected chi connectivity index (χ1v) is 5.79. The Morgan fingerprint density at radius 3 is 2.41 bits per heavy atom. The van der Waals surface area contributed by atoms with Crippen LogP contribution < -0.4 is 5.73 Å². The number of hydrogen-bond acceptors (Lipinski definition) is 5. The molecule has 1 aliphatic rings. The summed E-state index contributed by atoms with van der Waals surface area (Å²) in [5.41, 5.74) is 5.75. The van der Waals surface area contributed by atoms with Crippen molar-refractivity contribution < 1.29 is 19.1 Å². The average molecular weight is 266 g/mol. The molecule has 0 aromatic heterocycles. The van der Waals surface area contributed by atoms with Crippen LogP contribution in [0.1, 0.15) is 39.0 Å². The molecule has 1 fully saturated rings. The lowest BCUT2D eigenvalue weighted by Crippen LogP contribution is -2.41. The molecule has 0 spiro atoms. The van der Waals surface area contributed by atoms with Crippen LogP contribution in [0.15, 0.2) is 0 Å². The van der Waals surface area contributed by atoms with Gasteiger partial charge in [-0.2, -0.15) is 0 Å². The Morgan fingerprint density at radius 2 is 1.88 bits per heavy atom. The molecule has 0 radical (unpaired) electrons. The molecule has 1 unspecified atom stereocenters. The highest BCUT2D eigenvalue weighted by molar-refractivity contribution is 5.85. The molecule has 0 aromatic carbocycles. The summed E-state index contributed by atoms with van der Waals surface area (Å²) >= 11 is 0. The normalized spacial score (nSPS) is 17.8. The van der Waals surface area contributed by atoms with Gasteiger partial charge >= 0.3 is 12.1 Å². The second-order valence-electron chi connectivity index (χ2n) is 4.03. The van der Waals surface area contributed by atoms with Crippen molar-refractivity contribution in [3.05, 3.63) is 0 Å². The molecule has 17 heavy (non-hydrogen) atoms. The van der Waals surface area contributed by atoms with Crippen molar-refractivity contribution in [2.24, 2.45) is 11.7 Å². The standard InChI is InChI=1S/C11H19NO4.ClH/c1-2-15-11(14)16-10(13)9(12)8-6-4-3-5-7-8;/h8-9H,2-7,12H2,1H3;1H. The highest BCUT2D eigenvalue weighted by Crippen LogP contribution is 2.26. The summed E-state index contributed by atoms with van der Waals surface area (Å²) in [6.07, 6.45) is 4.27. The molecule has 0 aliphatic heterocycles. The maximum atomic E-state index is 11.5. The largest absolute Gasteiger partial charge is 0.516 e. The highest BCUT2D eigenvalue weighted by Gasteiger charge is 2.29. The molecule has 1 aliphatic carbocycles. The maximum Gasteiger partial charge on any atom is 0.516 e. The summed E-state index contributed by atoms with van der Waals surface area (Å²) in [4.78, 5) is 22.4. The zero-order chi connectivity index (χ0) is 12.0. The van der Waals surface area contributed by atoms with Gasteiger partial charge in [-0.15, -0.1) is 12.4 Å². The lowest BCUT2D eigenvalue weighted by molar-refractivity contribution is -0.142. The molecule has 1 atom stereocenters. The summed E-state index contributed by atoms with van der Waals surface area (Å²) in [5.74, 6) is -0.541. The number of nitrogens with two attached hydrogens (primary N) is 1. The molecule has 0 aromatic rings. The van der Waals surface area contributed by atoms with Gasteiger partial charge in [0.25, 0.3) is 0 Å². The van der Waals surface area contributed by atoms with Gasteiger partial charge in [-0.05, 0) is 25.7 Å². The first-order valence-electron chi connectivity index (χ1n) is 5.79. The Hall–Kier alpha value is -0.810. The lowest BCUT2D eigenvalue weighted by atomic mass is 9.84. The van der Waals surface area contributed by atoms with Crippen molar-refractivity contribution in [1.82, 2.24) is 0 Å². The monoisotopic (exact) mass is 265 g/mol. The van der Waals surface area contributed by atoms with Crippen LogP contribution >= 0.6 is 12.4 Å². The minimum Gasteiger partial charge on any atom is -0.434 e. The minimum absolute atomic E-state index is 0. The number of ether oxygens (including phenoxy) is 2. The topological polar surface area (TPSA) is 78.6 Å². The summed E-state index contributed by atoms with van der Waals surface area (Å²) < 4.78 is 8.99. The molecule has 0 heterocycles. The number of rotatable bonds is 3. The molecule has 0 saturated heterocycles. The van der Waals surface area contributed by atoms with Gasteiger partial charge in [0.1, 0.15) is 6.04 Å². The van der Waals surface area contributed by atoms with Crippen LogP contribution in [0.2, 0.25) is 0 Å². The van der Waals surface area contributed by atoms with Crippen LogP contribution in [-0.2, 0) is 14.3 Å². The van der Waals surface area contributed by atoms with Crippen LogP contribution in [0.5, 0.6) is 0 Å². The van der Waals surface area contributed by atoms with Gasteiger partial charge < -0.3 is 15.2 Å². The molecule has 5 nitrogen and oxygen atoms in total. The van der Waals surface area contributed by atoms with Crippen LogP contribution in [0.3, 0.4) is 0 Å². The fraction of sp³-hybridized carbons (Fsp3) is 0.818. The van der Waals surface area contributed by atoms with Crippen LogP contribution in [-0.4, -0.2) is 24.8 Å². The summed E-state index contributed by atoms with van der Waals surface area (Å²) in [6.45, 7) is 1.83. The van der Waals surface area contributed by atoms with E-state index in [2.05, 4.69) is 9.47 Å². The van der Waals surface area contributed by atoms with Crippen molar-refractivity contribution in [2.45, 2.75) is 45.1 Å². The summed E-state index contributed by atoms with van der Waals surface area (Å²) in [5, 5.41) is 0. The number of carbonyl (C=O) groups is 2. The van der Waals surface area contributed by atoms with E-state index < -0.39 is 18.2 Å². The van der Waals surface area contributed by atoms with Gasteiger partial charge in [0.2, 0.25) is 0 Å². The molecule has 100 valence electrons. The summed E-state index contributed by atoms with van der Waals surface area (Å²) in [6, 6.07) is -0.704. The predicted molar refractivity (Wildman–Crippen MR) is 64.9 cm³/mol. The third kappa shape index (κ3) is 5.37. The average Bonchev–Trinajstić information content (AvgIpc) is 2.29. The van der Waals surface area contributed by atoms with Gasteiger partial charge in [-0.1, -0.05) is 19.3 Å². The fourth-order valence-corrected chi connectivity index (χ4v) is 1.98. The fourth-order valence-electron chi connectivity index (χ4n) is 1.98. The second kappa shape index (κ2) is 8.31. The zero-order valence-electron chi connectivity index (χ0n) is 10.0. The molecule has 2 N–H and O–H groups in total. The third-order valence-corrected chi connectivity index (χ3v) is 2.88. The lowest BCUT2D eigenvalue weighted by Gasteiger charge is -2.25. The van der Waals surface area contributed by atoms with E-state index >= 15 is 0 Å². The van der Waals surface area contributed by atoms with Gasteiger partial charge in [-0.3, -0.25) is 0 Å². The van der Waals surface area contributed by atoms with Gasteiger partial charge in [-0.25, -0.2) is 9.59 Å².